The summed E-state index contributed by atoms with van der Waals surface area (Å²) in [5.41, 5.74) is 0.478. The number of amides is 2. The lowest BCUT2D eigenvalue weighted by atomic mass is 10.0. The molecule has 4 rings (SSSR count). The number of nitrogens with one attached hydrogen (secondary N) is 1. The van der Waals surface area contributed by atoms with Gasteiger partial charge in [0, 0.05) is 23.4 Å². The van der Waals surface area contributed by atoms with Gasteiger partial charge in [-0.2, -0.15) is 0 Å². The van der Waals surface area contributed by atoms with E-state index in [1.807, 2.05) is 0 Å². The van der Waals surface area contributed by atoms with Gasteiger partial charge in [-0.1, -0.05) is 41.9 Å². The monoisotopic (exact) mass is 420 g/mol. The minimum atomic E-state index is -0.919. The minimum Gasteiger partial charge on any atom is -0.322 e. The Morgan fingerprint density at radius 1 is 1.03 bits per heavy atom. The van der Waals surface area contributed by atoms with E-state index in [1.165, 1.54) is 12.1 Å². The Morgan fingerprint density at radius 2 is 1.73 bits per heavy atom. The number of fused-ring (bicyclic) bond motifs is 1. The molecule has 148 valence electrons. The maximum atomic E-state index is 12.8. The van der Waals surface area contributed by atoms with E-state index in [0.29, 0.717) is 22.0 Å². The molecule has 1 N–H and O–H groups in total. The van der Waals surface area contributed by atoms with Crippen LogP contribution >= 0.6 is 11.6 Å². The molecule has 0 aliphatic carbocycles. The molecule has 1 aliphatic heterocycles. The first-order valence-electron chi connectivity index (χ1n) is 8.84. The average molecular weight is 421 g/mol. The standard InChI is InChI=1S/C21H13ClN4O4/c22-15-10-9-12(26(29)30)11-14(15)20(27)24-16-6-2-1-5-13(16)19-21(28)25-18-8-4-3-7-17(18)23-19/h1-11,19H,(H,24,27). The van der Waals surface area contributed by atoms with Crippen LogP contribution in [-0.2, 0) is 4.79 Å². The van der Waals surface area contributed by atoms with Gasteiger partial charge in [0.2, 0.25) is 0 Å². The summed E-state index contributed by atoms with van der Waals surface area (Å²) in [6, 6.07) is 16.4. The lowest BCUT2D eigenvalue weighted by Crippen LogP contribution is -2.33. The zero-order chi connectivity index (χ0) is 21.3. The molecule has 1 atom stereocenters. The van der Waals surface area contributed by atoms with Crippen LogP contribution in [0.1, 0.15) is 22.0 Å². The number of nitro groups is 1. The second-order valence-electron chi connectivity index (χ2n) is 6.43. The summed E-state index contributed by atoms with van der Waals surface area (Å²) in [6.07, 6.45) is 0. The van der Waals surface area contributed by atoms with Crippen LogP contribution < -0.4 is 16.0 Å². The number of nitrogens with zero attached hydrogens (tertiary/aromatic N) is 3. The number of nitro benzene ring substituents is 1. The number of anilines is 1. The SMILES string of the molecule is O=C(Nc1ccccc1C1N=c2ccccc2=NC1=O)c1cc([N+](=O)[O-])ccc1Cl. The van der Waals surface area contributed by atoms with Crippen LogP contribution in [0.15, 0.2) is 76.7 Å². The third-order valence-corrected chi connectivity index (χ3v) is 4.85. The van der Waals surface area contributed by atoms with Crippen molar-refractivity contribution in [2.75, 3.05) is 5.32 Å². The van der Waals surface area contributed by atoms with E-state index in [4.69, 9.17) is 11.6 Å². The van der Waals surface area contributed by atoms with Crippen molar-refractivity contribution in [2.24, 2.45) is 9.98 Å². The Bertz CT molecular complexity index is 1320. The summed E-state index contributed by atoms with van der Waals surface area (Å²) in [4.78, 5) is 44.3. The molecule has 2 amide bonds. The smallest absolute Gasteiger partial charge is 0.275 e. The lowest BCUT2D eigenvalue weighted by molar-refractivity contribution is -0.384. The molecule has 1 aliphatic rings. The number of para-hydroxylation sites is 3. The van der Waals surface area contributed by atoms with Gasteiger partial charge in [-0.15, -0.1) is 0 Å². The number of benzene rings is 3. The summed E-state index contributed by atoms with van der Waals surface area (Å²) >= 11 is 6.06. The van der Waals surface area contributed by atoms with Crippen molar-refractivity contribution in [3.63, 3.8) is 0 Å². The Morgan fingerprint density at radius 3 is 2.50 bits per heavy atom. The third kappa shape index (κ3) is 3.68. The van der Waals surface area contributed by atoms with Gasteiger partial charge in [0.05, 0.1) is 26.2 Å². The highest BCUT2D eigenvalue weighted by Gasteiger charge is 2.25. The molecule has 0 bridgehead atoms. The molecular weight excluding hydrogens is 408 g/mol. The fraction of sp³-hybridized carbons (Fsp3) is 0.0476. The van der Waals surface area contributed by atoms with Gasteiger partial charge in [0.1, 0.15) is 0 Å². The van der Waals surface area contributed by atoms with Crippen molar-refractivity contribution in [3.8, 4) is 0 Å². The van der Waals surface area contributed by atoms with E-state index >= 15 is 0 Å². The molecule has 0 saturated heterocycles. The third-order valence-electron chi connectivity index (χ3n) is 4.52. The summed E-state index contributed by atoms with van der Waals surface area (Å²) in [5.74, 6) is -1.10. The van der Waals surface area contributed by atoms with Crippen LogP contribution in [0.25, 0.3) is 0 Å². The van der Waals surface area contributed by atoms with Crippen molar-refractivity contribution < 1.29 is 14.5 Å². The summed E-state index contributed by atoms with van der Waals surface area (Å²) in [6.45, 7) is 0. The second-order valence-corrected chi connectivity index (χ2v) is 6.84. The van der Waals surface area contributed by atoms with E-state index in [-0.39, 0.29) is 16.3 Å². The molecule has 0 saturated carbocycles. The quantitative estimate of drug-likeness (QED) is 0.516. The molecule has 0 aromatic heterocycles. The van der Waals surface area contributed by atoms with Crippen LogP contribution in [0.3, 0.4) is 0 Å². The highest BCUT2D eigenvalue weighted by atomic mass is 35.5. The maximum Gasteiger partial charge on any atom is 0.275 e. The Kier molecular flexibility index (Phi) is 5.07. The Hall–Kier alpha value is -3.91. The van der Waals surface area contributed by atoms with Gasteiger partial charge in [0.15, 0.2) is 6.04 Å². The largest absolute Gasteiger partial charge is 0.322 e. The van der Waals surface area contributed by atoms with Crippen LogP contribution in [0.5, 0.6) is 0 Å². The van der Waals surface area contributed by atoms with Gasteiger partial charge in [0.25, 0.3) is 17.5 Å². The zero-order valence-electron chi connectivity index (χ0n) is 15.3. The molecule has 3 aromatic rings. The van der Waals surface area contributed by atoms with Crippen molar-refractivity contribution in [3.05, 3.63) is 104 Å². The first kappa shape index (κ1) is 19.4. The molecule has 8 nitrogen and oxygen atoms in total. The number of carbonyl (C=O) groups is 2. The number of rotatable bonds is 4. The van der Waals surface area contributed by atoms with Gasteiger partial charge in [-0.25, -0.2) is 4.99 Å². The van der Waals surface area contributed by atoms with Crippen LogP contribution in [-0.4, -0.2) is 16.7 Å². The number of carbonyl (C=O) groups excluding carboxylic acids is 2. The minimum absolute atomic E-state index is 0.0531. The van der Waals surface area contributed by atoms with E-state index in [2.05, 4.69) is 15.3 Å². The van der Waals surface area contributed by atoms with Gasteiger partial charge in [-0.3, -0.25) is 24.7 Å². The first-order chi connectivity index (χ1) is 14.4. The predicted molar refractivity (Wildman–Crippen MR) is 109 cm³/mol. The van der Waals surface area contributed by atoms with Crippen LogP contribution in [0, 0.1) is 10.1 Å². The van der Waals surface area contributed by atoms with Crippen LogP contribution in [0.4, 0.5) is 11.4 Å². The van der Waals surface area contributed by atoms with E-state index in [9.17, 15) is 19.7 Å². The topological polar surface area (TPSA) is 114 Å². The molecule has 0 radical (unpaired) electrons. The predicted octanol–water partition coefficient (Wildman–Crippen LogP) is 3.02. The second kappa shape index (κ2) is 7.84. The normalized spacial score (nSPS) is 14.8. The summed E-state index contributed by atoms with van der Waals surface area (Å²) in [7, 11) is 0. The molecule has 3 aromatic carbocycles. The number of non-ortho nitro benzene ring substituents is 1. The van der Waals surface area contributed by atoms with Gasteiger partial charge >= 0.3 is 0 Å². The Balaban J connectivity index is 1.71. The van der Waals surface area contributed by atoms with Crippen molar-refractivity contribution in [1.29, 1.82) is 0 Å². The summed E-state index contributed by atoms with van der Waals surface area (Å²) in [5, 5.41) is 14.8. The molecule has 0 fully saturated rings. The lowest BCUT2D eigenvalue weighted by Gasteiger charge is -2.17. The molecule has 30 heavy (non-hydrogen) atoms. The Labute approximate surface area is 174 Å². The molecule has 0 spiro atoms. The summed E-state index contributed by atoms with van der Waals surface area (Å²) < 4.78 is 0. The highest BCUT2D eigenvalue weighted by Crippen LogP contribution is 2.29. The maximum absolute atomic E-state index is 12.8. The average Bonchev–Trinajstić information content (AvgIpc) is 2.74. The molecule has 1 unspecified atom stereocenters. The number of halogens is 1. The van der Waals surface area contributed by atoms with E-state index in [0.717, 1.165) is 6.07 Å². The van der Waals surface area contributed by atoms with E-state index < -0.39 is 22.8 Å². The molecular formula is C21H13ClN4O4. The fourth-order valence-electron chi connectivity index (χ4n) is 3.08. The van der Waals surface area contributed by atoms with Gasteiger partial charge < -0.3 is 5.32 Å². The zero-order valence-corrected chi connectivity index (χ0v) is 16.0. The van der Waals surface area contributed by atoms with Crippen molar-refractivity contribution >= 4 is 34.8 Å². The number of hydrogen-bond donors (Lipinski definition) is 1. The van der Waals surface area contributed by atoms with Crippen molar-refractivity contribution in [1.82, 2.24) is 0 Å². The van der Waals surface area contributed by atoms with E-state index in [1.54, 1.807) is 48.5 Å². The van der Waals surface area contributed by atoms with Gasteiger partial charge in [-0.05, 0) is 24.3 Å². The van der Waals surface area contributed by atoms with Crippen LogP contribution in [0.2, 0.25) is 5.02 Å². The molecule has 9 heteroatoms. The fourth-order valence-corrected chi connectivity index (χ4v) is 3.29. The first-order valence-corrected chi connectivity index (χ1v) is 9.21. The number of hydrogen-bond acceptors (Lipinski definition) is 5. The highest BCUT2D eigenvalue weighted by molar-refractivity contribution is 6.34. The van der Waals surface area contributed by atoms with Crippen molar-refractivity contribution in [2.45, 2.75) is 6.04 Å². The molecule has 1 heterocycles.